The molecule has 1 aromatic carbocycles. The molecule has 1 aromatic rings. The minimum absolute atomic E-state index is 0.137. The van der Waals surface area contributed by atoms with Gasteiger partial charge in [-0.15, -0.1) is 0 Å². The summed E-state index contributed by atoms with van der Waals surface area (Å²) >= 11 is 0. The van der Waals surface area contributed by atoms with E-state index in [1.807, 2.05) is 24.3 Å². The van der Waals surface area contributed by atoms with Crippen molar-refractivity contribution >= 4 is 0 Å². The maximum absolute atomic E-state index is 5.97. The molecule has 0 spiro atoms. The summed E-state index contributed by atoms with van der Waals surface area (Å²) in [5.74, 6) is 1.62. The topological polar surface area (TPSA) is 30.5 Å². The van der Waals surface area contributed by atoms with E-state index in [9.17, 15) is 0 Å². The molecule has 0 heterocycles. The average Bonchev–Trinajstić information content (AvgIpc) is 2.74. The first-order chi connectivity index (χ1) is 14.3. The predicted molar refractivity (Wildman–Crippen MR) is 126 cm³/mol. The molecule has 0 aliphatic rings. The Balaban J connectivity index is 1.84. The lowest BCUT2D eigenvalue weighted by Gasteiger charge is -2.17. The quantitative estimate of drug-likeness (QED) is 0.227. The molecular formula is C26H47NO2. The zero-order chi connectivity index (χ0) is 21.0. The normalized spacial score (nSPS) is 12.1. The first-order valence-corrected chi connectivity index (χ1v) is 12.3. The third kappa shape index (κ3) is 14.4. The Morgan fingerprint density at radius 2 is 1.21 bits per heavy atom. The molecule has 0 aliphatic carbocycles. The molecule has 0 saturated heterocycles. The fourth-order valence-corrected chi connectivity index (χ4v) is 3.72. The number of unbranched alkanes of at least 4 members (excludes halogenated alkanes) is 13. The molecule has 0 saturated carbocycles. The first-order valence-electron chi connectivity index (χ1n) is 12.3. The number of methoxy groups -OCH3 is 1. The van der Waals surface area contributed by atoms with Gasteiger partial charge in [-0.1, -0.05) is 103 Å². The maximum Gasteiger partial charge on any atom is 0.161 e. The molecule has 1 rings (SSSR count). The molecule has 3 heteroatoms. The molecule has 1 atom stereocenters. The fourth-order valence-electron chi connectivity index (χ4n) is 3.72. The van der Waals surface area contributed by atoms with E-state index >= 15 is 0 Å². The highest BCUT2D eigenvalue weighted by Crippen LogP contribution is 2.26. The monoisotopic (exact) mass is 405 g/mol. The molecule has 1 unspecified atom stereocenters. The second-order valence-corrected chi connectivity index (χ2v) is 8.38. The molecule has 0 aromatic heterocycles. The molecule has 3 nitrogen and oxygen atoms in total. The van der Waals surface area contributed by atoms with Gasteiger partial charge >= 0.3 is 0 Å². The molecule has 0 bridgehead atoms. The van der Waals surface area contributed by atoms with Crippen LogP contribution in [0.3, 0.4) is 0 Å². The van der Waals surface area contributed by atoms with E-state index in [0.29, 0.717) is 0 Å². The van der Waals surface area contributed by atoms with Crippen molar-refractivity contribution in [2.24, 2.45) is 0 Å². The Kier molecular flexibility index (Phi) is 16.7. The largest absolute Gasteiger partial charge is 0.493 e. The third-order valence-corrected chi connectivity index (χ3v) is 5.54. The van der Waals surface area contributed by atoms with Crippen LogP contribution in [0.5, 0.6) is 11.5 Å². The molecular weight excluding hydrogens is 358 g/mol. The van der Waals surface area contributed by atoms with Gasteiger partial charge in [-0.3, -0.25) is 0 Å². The van der Waals surface area contributed by atoms with E-state index in [-0.39, 0.29) is 6.10 Å². The van der Waals surface area contributed by atoms with Gasteiger partial charge in [0.15, 0.2) is 11.5 Å². The molecule has 0 aliphatic heterocycles. The highest BCUT2D eigenvalue weighted by molar-refractivity contribution is 5.39. The smallest absolute Gasteiger partial charge is 0.161 e. The number of rotatable bonds is 20. The van der Waals surface area contributed by atoms with E-state index in [1.165, 1.54) is 89.9 Å². The van der Waals surface area contributed by atoms with Crippen LogP contribution in [-0.2, 0) is 0 Å². The Bertz CT molecular complexity index is 478. The summed E-state index contributed by atoms with van der Waals surface area (Å²) in [5, 5.41) is 3.52. The van der Waals surface area contributed by atoms with Gasteiger partial charge in [-0.25, -0.2) is 0 Å². The lowest BCUT2D eigenvalue weighted by molar-refractivity contribution is 0.207. The van der Waals surface area contributed by atoms with Crippen molar-refractivity contribution in [3.05, 3.63) is 24.3 Å². The van der Waals surface area contributed by atoms with Crippen molar-refractivity contribution in [2.45, 2.75) is 110 Å². The summed E-state index contributed by atoms with van der Waals surface area (Å²) in [6.45, 7) is 6.34. The number of benzene rings is 1. The fraction of sp³-hybridized carbons (Fsp3) is 0.769. The minimum Gasteiger partial charge on any atom is -0.493 e. The molecule has 29 heavy (non-hydrogen) atoms. The summed E-state index contributed by atoms with van der Waals surface area (Å²) in [4.78, 5) is 0. The van der Waals surface area contributed by atoms with E-state index in [0.717, 1.165) is 24.6 Å². The van der Waals surface area contributed by atoms with Gasteiger partial charge in [-0.05, 0) is 32.0 Å². The third-order valence-electron chi connectivity index (χ3n) is 5.54. The van der Waals surface area contributed by atoms with Crippen LogP contribution in [0.1, 0.15) is 104 Å². The number of para-hydroxylation sites is 2. The van der Waals surface area contributed by atoms with Crippen molar-refractivity contribution in [2.75, 3.05) is 20.2 Å². The predicted octanol–water partition coefficient (Wildman–Crippen LogP) is 7.53. The van der Waals surface area contributed by atoms with E-state index < -0.39 is 0 Å². The summed E-state index contributed by atoms with van der Waals surface area (Å²) in [5.41, 5.74) is 0. The Labute approximate surface area is 181 Å². The van der Waals surface area contributed by atoms with Crippen LogP contribution in [-0.4, -0.2) is 26.3 Å². The Hall–Kier alpha value is -1.22. The van der Waals surface area contributed by atoms with Crippen LogP contribution >= 0.6 is 0 Å². The Morgan fingerprint density at radius 3 is 1.72 bits per heavy atom. The van der Waals surface area contributed by atoms with Crippen molar-refractivity contribution < 1.29 is 9.47 Å². The SMILES string of the molecule is CCCCCCCCCCCCCCCCNCC(C)Oc1ccccc1OC. The standard InChI is InChI=1S/C26H47NO2/c1-4-5-6-7-8-9-10-11-12-13-14-15-16-19-22-27-23-24(2)29-26-21-18-17-20-25(26)28-3/h17-18,20-21,24,27H,4-16,19,22-23H2,1-3H3. The van der Waals surface area contributed by atoms with E-state index in [2.05, 4.69) is 19.2 Å². The van der Waals surface area contributed by atoms with Gasteiger partial charge in [0.2, 0.25) is 0 Å². The van der Waals surface area contributed by atoms with Crippen LogP contribution in [0, 0.1) is 0 Å². The van der Waals surface area contributed by atoms with E-state index in [1.54, 1.807) is 7.11 Å². The van der Waals surface area contributed by atoms with Crippen molar-refractivity contribution in [1.82, 2.24) is 5.32 Å². The number of hydrogen-bond acceptors (Lipinski definition) is 3. The summed E-state index contributed by atoms with van der Waals surface area (Å²) in [6, 6.07) is 7.84. The van der Waals surface area contributed by atoms with Crippen LogP contribution < -0.4 is 14.8 Å². The minimum atomic E-state index is 0.137. The van der Waals surface area contributed by atoms with Gasteiger partial charge in [0.05, 0.1) is 7.11 Å². The van der Waals surface area contributed by atoms with Gasteiger partial charge in [0, 0.05) is 6.54 Å². The lowest BCUT2D eigenvalue weighted by atomic mass is 10.0. The van der Waals surface area contributed by atoms with Crippen LogP contribution in [0.15, 0.2) is 24.3 Å². The van der Waals surface area contributed by atoms with Gasteiger partial charge < -0.3 is 14.8 Å². The molecule has 0 amide bonds. The number of hydrogen-bond donors (Lipinski definition) is 1. The zero-order valence-corrected chi connectivity index (χ0v) is 19.5. The second-order valence-electron chi connectivity index (χ2n) is 8.38. The molecule has 0 radical (unpaired) electrons. The molecule has 168 valence electrons. The zero-order valence-electron chi connectivity index (χ0n) is 19.5. The van der Waals surface area contributed by atoms with Crippen molar-refractivity contribution in [3.8, 4) is 11.5 Å². The average molecular weight is 406 g/mol. The summed E-state index contributed by atoms with van der Waals surface area (Å²) < 4.78 is 11.3. The van der Waals surface area contributed by atoms with E-state index in [4.69, 9.17) is 9.47 Å². The Morgan fingerprint density at radius 1 is 0.724 bits per heavy atom. The van der Waals surface area contributed by atoms with Crippen molar-refractivity contribution in [1.29, 1.82) is 0 Å². The van der Waals surface area contributed by atoms with Crippen molar-refractivity contribution in [3.63, 3.8) is 0 Å². The van der Waals surface area contributed by atoms with Gasteiger partial charge in [0.1, 0.15) is 6.10 Å². The van der Waals surface area contributed by atoms with Gasteiger partial charge in [0.25, 0.3) is 0 Å². The maximum atomic E-state index is 5.97. The number of nitrogens with one attached hydrogen (secondary N) is 1. The van der Waals surface area contributed by atoms with Gasteiger partial charge in [-0.2, -0.15) is 0 Å². The van der Waals surface area contributed by atoms with Crippen LogP contribution in [0.2, 0.25) is 0 Å². The molecule has 0 fully saturated rings. The highest BCUT2D eigenvalue weighted by Gasteiger charge is 2.07. The summed E-state index contributed by atoms with van der Waals surface area (Å²) in [6.07, 6.45) is 19.9. The molecule has 1 N–H and O–H groups in total. The van der Waals surface area contributed by atoms with Crippen LogP contribution in [0.4, 0.5) is 0 Å². The summed E-state index contributed by atoms with van der Waals surface area (Å²) in [7, 11) is 1.68. The number of ether oxygens (including phenoxy) is 2. The highest BCUT2D eigenvalue weighted by atomic mass is 16.5. The van der Waals surface area contributed by atoms with Crippen LogP contribution in [0.25, 0.3) is 0 Å². The second kappa shape index (κ2) is 18.8. The first kappa shape index (κ1) is 25.8. The lowest BCUT2D eigenvalue weighted by Crippen LogP contribution is -2.29.